The number of rotatable bonds is 4. The number of fused-ring (bicyclic) bond motifs is 1. The standard InChI is InChI=1S/C23H16ClN7O/c1-14-10-15(12-26-21(14)18-4-2-6-20-17(18)5-3-7-25-20)23(32)30-16-11-19(24)22(27-13-16)31-28-8-9-29-31/h2-13H,1H3,(H,30,32). The number of aryl methyl sites for hydroxylation is 1. The van der Waals surface area contributed by atoms with Gasteiger partial charge in [0, 0.05) is 23.3 Å². The first kappa shape index (κ1) is 19.8. The highest BCUT2D eigenvalue weighted by Crippen LogP contribution is 2.29. The molecule has 5 rings (SSSR count). The third-order valence-electron chi connectivity index (χ3n) is 4.93. The van der Waals surface area contributed by atoms with E-state index in [0.717, 1.165) is 27.7 Å². The second kappa shape index (κ2) is 8.16. The average Bonchev–Trinajstić information content (AvgIpc) is 3.33. The minimum absolute atomic E-state index is 0.311. The molecule has 8 nitrogen and oxygen atoms in total. The lowest BCUT2D eigenvalue weighted by Crippen LogP contribution is -2.13. The average molecular weight is 442 g/mol. The summed E-state index contributed by atoms with van der Waals surface area (Å²) in [6.07, 6.45) is 7.88. The molecular formula is C23H16ClN7O. The van der Waals surface area contributed by atoms with Crippen LogP contribution in [0.1, 0.15) is 15.9 Å². The molecule has 0 atom stereocenters. The molecule has 0 spiro atoms. The Morgan fingerprint density at radius 1 is 0.969 bits per heavy atom. The van der Waals surface area contributed by atoms with Crippen LogP contribution in [0.15, 0.2) is 73.4 Å². The zero-order valence-corrected chi connectivity index (χ0v) is 17.7. The van der Waals surface area contributed by atoms with Gasteiger partial charge < -0.3 is 5.32 Å². The van der Waals surface area contributed by atoms with E-state index in [4.69, 9.17) is 11.6 Å². The maximum absolute atomic E-state index is 12.8. The molecule has 32 heavy (non-hydrogen) atoms. The Morgan fingerprint density at radius 3 is 2.59 bits per heavy atom. The van der Waals surface area contributed by atoms with E-state index in [2.05, 4.69) is 30.5 Å². The normalized spacial score (nSPS) is 10.9. The first-order valence-electron chi connectivity index (χ1n) is 9.74. The zero-order chi connectivity index (χ0) is 22.1. The smallest absolute Gasteiger partial charge is 0.257 e. The van der Waals surface area contributed by atoms with E-state index in [1.54, 1.807) is 18.5 Å². The Balaban J connectivity index is 1.41. The van der Waals surface area contributed by atoms with Gasteiger partial charge in [-0.1, -0.05) is 29.8 Å². The lowest BCUT2D eigenvalue weighted by atomic mass is 10.0. The molecule has 1 amide bonds. The van der Waals surface area contributed by atoms with Gasteiger partial charge in [-0.05, 0) is 36.8 Å². The van der Waals surface area contributed by atoms with Gasteiger partial charge in [0.2, 0.25) is 0 Å². The Hall–Kier alpha value is -4.17. The molecule has 0 aliphatic heterocycles. The third-order valence-corrected chi connectivity index (χ3v) is 5.21. The second-order valence-corrected chi connectivity index (χ2v) is 7.47. The largest absolute Gasteiger partial charge is 0.320 e. The number of carbonyl (C=O) groups excluding carboxylic acids is 1. The van der Waals surface area contributed by atoms with Crippen LogP contribution in [0.5, 0.6) is 0 Å². The number of benzene rings is 1. The highest BCUT2D eigenvalue weighted by molar-refractivity contribution is 6.32. The van der Waals surface area contributed by atoms with Crippen molar-refractivity contribution in [2.75, 3.05) is 5.32 Å². The summed E-state index contributed by atoms with van der Waals surface area (Å²) in [6.45, 7) is 1.93. The fourth-order valence-electron chi connectivity index (χ4n) is 3.47. The molecule has 0 unspecified atom stereocenters. The summed E-state index contributed by atoms with van der Waals surface area (Å²) in [5, 5.41) is 12.1. The van der Waals surface area contributed by atoms with Gasteiger partial charge in [-0.15, -0.1) is 4.80 Å². The Morgan fingerprint density at radius 2 is 1.81 bits per heavy atom. The fraction of sp³-hybridized carbons (Fsp3) is 0.0435. The number of nitrogens with one attached hydrogen (secondary N) is 1. The minimum Gasteiger partial charge on any atom is -0.320 e. The number of anilines is 1. The van der Waals surface area contributed by atoms with Gasteiger partial charge in [0.1, 0.15) is 0 Å². The van der Waals surface area contributed by atoms with Crippen molar-refractivity contribution < 1.29 is 4.79 Å². The van der Waals surface area contributed by atoms with Crippen LogP contribution in [0, 0.1) is 6.92 Å². The topological polar surface area (TPSA) is 98.5 Å². The Kier molecular flexibility index (Phi) is 5.04. The van der Waals surface area contributed by atoms with Crippen LogP contribution >= 0.6 is 11.6 Å². The van der Waals surface area contributed by atoms with Crippen LogP contribution in [0.2, 0.25) is 5.02 Å². The number of halogens is 1. The van der Waals surface area contributed by atoms with Crippen molar-refractivity contribution in [2.45, 2.75) is 6.92 Å². The molecule has 4 heterocycles. The molecule has 4 aromatic heterocycles. The first-order valence-corrected chi connectivity index (χ1v) is 10.1. The number of amides is 1. The monoisotopic (exact) mass is 441 g/mol. The molecule has 0 saturated carbocycles. The van der Waals surface area contributed by atoms with Crippen LogP contribution in [0.4, 0.5) is 5.69 Å². The molecule has 0 aliphatic carbocycles. The molecule has 156 valence electrons. The van der Waals surface area contributed by atoms with Gasteiger partial charge in [-0.25, -0.2) is 4.98 Å². The van der Waals surface area contributed by atoms with Crippen molar-refractivity contribution in [2.24, 2.45) is 0 Å². The van der Waals surface area contributed by atoms with Crippen molar-refractivity contribution in [3.05, 3.63) is 89.6 Å². The van der Waals surface area contributed by atoms with Gasteiger partial charge in [0.15, 0.2) is 5.82 Å². The van der Waals surface area contributed by atoms with Gasteiger partial charge in [-0.3, -0.25) is 14.8 Å². The Bertz CT molecular complexity index is 1450. The van der Waals surface area contributed by atoms with Crippen molar-refractivity contribution >= 4 is 34.1 Å². The fourth-order valence-corrected chi connectivity index (χ4v) is 3.71. The highest BCUT2D eigenvalue weighted by atomic mass is 35.5. The first-order chi connectivity index (χ1) is 15.6. The summed E-state index contributed by atoms with van der Waals surface area (Å²) in [6, 6.07) is 13.2. The van der Waals surface area contributed by atoms with Crippen LogP contribution in [0.25, 0.3) is 28.0 Å². The quantitative estimate of drug-likeness (QED) is 0.441. The summed E-state index contributed by atoms with van der Waals surface area (Å²) in [5.41, 5.74) is 4.44. The lowest BCUT2D eigenvalue weighted by Gasteiger charge is -2.11. The Labute approximate surface area is 187 Å². The van der Waals surface area contributed by atoms with E-state index in [0.29, 0.717) is 22.1 Å². The minimum atomic E-state index is -0.311. The van der Waals surface area contributed by atoms with E-state index < -0.39 is 0 Å². The van der Waals surface area contributed by atoms with Crippen molar-refractivity contribution in [3.63, 3.8) is 0 Å². The zero-order valence-electron chi connectivity index (χ0n) is 16.9. The van der Waals surface area contributed by atoms with Crippen LogP contribution < -0.4 is 5.32 Å². The van der Waals surface area contributed by atoms with Crippen LogP contribution in [0.3, 0.4) is 0 Å². The van der Waals surface area contributed by atoms with Crippen molar-refractivity contribution in [1.82, 2.24) is 29.9 Å². The van der Waals surface area contributed by atoms with E-state index >= 15 is 0 Å². The molecule has 1 aromatic carbocycles. The summed E-state index contributed by atoms with van der Waals surface area (Å²) in [4.78, 5) is 27.3. The number of carbonyl (C=O) groups is 1. The number of hydrogen-bond acceptors (Lipinski definition) is 6. The van der Waals surface area contributed by atoms with E-state index in [9.17, 15) is 4.79 Å². The van der Waals surface area contributed by atoms with E-state index in [-0.39, 0.29) is 5.91 Å². The predicted molar refractivity (Wildman–Crippen MR) is 122 cm³/mol. The SMILES string of the molecule is Cc1cc(C(=O)Nc2cnc(-n3nccn3)c(Cl)c2)cnc1-c1cccc2ncccc12. The molecular weight excluding hydrogens is 426 g/mol. The maximum Gasteiger partial charge on any atom is 0.257 e. The summed E-state index contributed by atoms with van der Waals surface area (Å²) < 4.78 is 0. The molecule has 0 fully saturated rings. The number of aromatic nitrogens is 6. The molecule has 1 N–H and O–H groups in total. The van der Waals surface area contributed by atoms with Crippen LogP contribution in [-0.2, 0) is 0 Å². The van der Waals surface area contributed by atoms with Crippen molar-refractivity contribution in [3.8, 4) is 17.1 Å². The maximum atomic E-state index is 12.8. The molecule has 0 radical (unpaired) electrons. The lowest BCUT2D eigenvalue weighted by molar-refractivity contribution is 0.102. The highest BCUT2D eigenvalue weighted by Gasteiger charge is 2.14. The summed E-state index contributed by atoms with van der Waals surface area (Å²) in [5.74, 6) is 0.0654. The van der Waals surface area contributed by atoms with E-state index in [1.165, 1.54) is 23.4 Å². The number of nitrogens with zero attached hydrogens (tertiary/aromatic N) is 6. The van der Waals surface area contributed by atoms with Crippen molar-refractivity contribution in [1.29, 1.82) is 0 Å². The second-order valence-electron chi connectivity index (χ2n) is 7.07. The molecule has 0 aliphatic rings. The number of pyridine rings is 3. The number of hydrogen-bond donors (Lipinski definition) is 1. The summed E-state index contributed by atoms with van der Waals surface area (Å²) in [7, 11) is 0. The molecule has 5 aromatic rings. The van der Waals surface area contributed by atoms with Crippen LogP contribution in [-0.4, -0.2) is 35.9 Å². The van der Waals surface area contributed by atoms with Gasteiger partial charge in [0.05, 0.1) is 46.1 Å². The van der Waals surface area contributed by atoms with E-state index in [1.807, 2.05) is 43.3 Å². The molecule has 0 bridgehead atoms. The molecule has 0 saturated heterocycles. The van der Waals surface area contributed by atoms with Gasteiger partial charge >= 0.3 is 0 Å². The predicted octanol–water partition coefficient (Wildman–Crippen LogP) is 4.49. The molecule has 9 heteroatoms. The summed E-state index contributed by atoms with van der Waals surface area (Å²) >= 11 is 6.28. The van der Waals surface area contributed by atoms with Gasteiger partial charge in [0.25, 0.3) is 5.91 Å². The van der Waals surface area contributed by atoms with Gasteiger partial charge in [-0.2, -0.15) is 10.2 Å². The third kappa shape index (κ3) is 3.67.